The molecule has 0 aliphatic heterocycles. The maximum absolute atomic E-state index is 12.3. The first-order chi connectivity index (χ1) is 12.6. The Hall–Kier alpha value is -2.05. The van der Waals surface area contributed by atoms with Crippen molar-refractivity contribution in [2.45, 2.75) is 38.5 Å². The number of ether oxygens (including phenoxy) is 1. The van der Waals surface area contributed by atoms with Crippen LogP contribution in [0.4, 0.5) is 0 Å². The van der Waals surface area contributed by atoms with Gasteiger partial charge in [-0.3, -0.25) is 20.4 Å². The molecule has 3 rings (SSSR count). The third-order valence-electron chi connectivity index (χ3n) is 4.38. The maximum Gasteiger partial charge on any atom is 0.279 e. The van der Waals surface area contributed by atoms with Gasteiger partial charge in [0.2, 0.25) is 5.91 Å². The van der Waals surface area contributed by atoms with E-state index in [1.807, 2.05) is 6.07 Å². The van der Waals surface area contributed by atoms with E-state index < -0.39 is 0 Å². The first-order valence-corrected chi connectivity index (χ1v) is 9.79. The Labute approximate surface area is 161 Å². The molecule has 26 heavy (non-hydrogen) atoms. The molecule has 0 unspecified atom stereocenters. The molecule has 5 nitrogen and oxygen atoms in total. The molecule has 1 aliphatic rings. The van der Waals surface area contributed by atoms with E-state index in [-0.39, 0.29) is 18.2 Å². The van der Waals surface area contributed by atoms with Crippen molar-refractivity contribution in [2.24, 2.45) is 0 Å². The number of nitrogens with one attached hydrogen (secondary N) is 2. The van der Waals surface area contributed by atoms with E-state index >= 15 is 0 Å². The lowest BCUT2D eigenvalue weighted by Crippen LogP contribution is -2.42. The third-order valence-corrected chi connectivity index (χ3v) is 5.85. The summed E-state index contributed by atoms with van der Waals surface area (Å²) in [5.41, 5.74) is 6.89. The molecule has 0 spiro atoms. The van der Waals surface area contributed by atoms with E-state index in [1.54, 1.807) is 18.2 Å². The van der Waals surface area contributed by atoms with E-state index in [0.717, 1.165) is 12.8 Å². The summed E-state index contributed by atoms with van der Waals surface area (Å²) in [6, 6.07) is 7.04. The van der Waals surface area contributed by atoms with Gasteiger partial charge in [0.25, 0.3) is 5.91 Å². The summed E-state index contributed by atoms with van der Waals surface area (Å²) in [5, 5.41) is 0.526. The number of methoxy groups -OCH3 is 1. The molecule has 0 atom stereocenters. The van der Waals surface area contributed by atoms with Crippen LogP contribution in [-0.4, -0.2) is 18.9 Å². The molecule has 1 heterocycles. The molecule has 1 aromatic heterocycles. The zero-order valence-electron chi connectivity index (χ0n) is 14.6. The fourth-order valence-electron chi connectivity index (χ4n) is 3.07. The van der Waals surface area contributed by atoms with Gasteiger partial charge in [-0.25, -0.2) is 0 Å². The van der Waals surface area contributed by atoms with Crippen molar-refractivity contribution in [3.63, 3.8) is 0 Å². The van der Waals surface area contributed by atoms with Gasteiger partial charge in [0.15, 0.2) is 0 Å². The van der Waals surface area contributed by atoms with Gasteiger partial charge >= 0.3 is 0 Å². The van der Waals surface area contributed by atoms with Gasteiger partial charge in [-0.15, -0.1) is 11.3 Å². The monoisotopic (exact) mass is 392 g/mol. The fourth-order valence-corrected chi connectivity index (χ4v) is 4.41. The van der Waals surface area contributed by atoms with Crippen LogP contribution in [0.25, 0.3) is 0 Å². The van der Waals surface area contributed by atoms with E-state index in [2.05, 4.69) is 10.9 Å². The highest BCUT2D eigenvalue weighted by Crippen LogP contribution is 2.29. The van der Waals surface area contributed by atoms with Gasteiger partial charge in [-0.1, -0.05) is 18.0 Å². The minimum Gasteiger partial charge on any atom is -0.496 e. The van der Waals surface area contributed by atoms with E-state index in [9.17, 15) is 9.59 Å². The van der Waals surface area contributed by atoms with Crippen molar-refractivity contribution in [2.75, 3.05) is 7.11 Å². The molecule has 0 fully saturated rings. The van der Waals surface area contributed by atoms with Gasteiger partial charge in [0, 0.05) is 15.5 Å². The second-order valence-electron chi connectivity index (χ2n) is 6.25. The summed E-state index contributed by atoms with van der Waals surface area (Å²) in [6.07, 6.45) is 5.71. The number of halogens is 1. The summed E-state index contributed by atoms with van der Waals surface area (Å²) >= 11 is 7.49. The van der Waals surface area contributed by atoms with Crippen molar-refractivity contribution in [3.8, 4) is 5.75 Å². The number of carbonyl (C=O) groups excluding carboxylic acids is 2. The van der Waals surface area contributed by atoms with Gasteiger partial charge in [0.05, 0.1) is 18.4 Å². The number of thiophene rings is 1. The van der Waals surface area contributed by atoms with Crippen LogP contribution in [0.3, 0.4) is 0 Å². The van der Waals surface area contributed by atoms with E-state index in [4.69, 9.17) is 16.3 Å². The molecule has 1 aromatic carbocycles. The van der Waals surface area contributed by atoms with Gasteiger partial charge in [-0.05, 0) is 55.5 Å². The number of carbonyl (C=O) groups is 2. The van der Waals surface area contributed by atoms with Crippen molar-refractivity contribution >= 4 is 34.8 Å². The predicted molar refractivity (Wildman–Crippen MR) is 103 cm³/mol. The summed E-state index contributed by atoms with van der Waals surface area (Å²) < 4.78 is 5.23. The average molecular weight is 393 g/mol. The van der Waals surface area contributed by atoms with E-state index in [1.165, 1.54) is 48.1 Å². The molecule has 0 bridgehead atoms. The van der Waals surface area contributed by atoms with Crippen molar-refractivity contribution in [3.05, 3.63) is 50.2 Å². The molecule has 2 N–H and O–H groups in total. The van der Waals surface area contributed by atoms with Crippen LogP contribution >= 0.6 is 22.9 Å². The second-order valence-corrected chi connectivity index (χ2v) is 7.83. The Kier molecular flexibility index (Phi) is 6.16. The highest BCUT2D eigenvalue weighted by molar-refractivity contribution is 7.14. The van der Waals surface area contributed by atoms with Gasteiger partial charge in [0.1, 0.15) is 5.75 Å². The molecule has 0 radical (unpaired) electrons. The lowest BCUT2D eigenvalue weighted by atomic mass is 10.1. The van der Waals surface area contributed by atoms with Gasteiger partial charge < -0.3 is 4.74 Å². The summed E-state index contributed by atoms with van der Waals surface area (Å²) in [5.74, 6) is -0.0376. The lowest BCUT2D eigenvalue weighted by molar-refractivity contribution is -0.121. The van der Waals surface area contributed by atoms with Crippen LogP contribution < -0.4 is 15.6 Å². The molecule has 0 saturated carbocycles. The number of hydrazine groups is 1. The number of hydrogen-bond donors (Lipinski definition) is 2. The number of aryl methyl sites for hydroxylation is 2. The average Bonchev–Trinajstić information content (AvgIpc) is 2.91. The minimum absolute atomic E-state index is 0.0605. The van der Waals surface area contributed by atoms with Crippen molar-refractivity contribution in [1.29, 1.82) is 0 Å². The summed E-state index contributed by atoms with van der Waals surface area (Å²) in [7, 11) is 1.53. The van der Waals surface area contributed by atoms with Crippen molar-refractivity contribution < 1.29 is 14.3 Å². The number of benzene rings is 1. The van der Waals surface area contributed by atoms with Crippen LogP contribution in [-0.2, 0) is 24.1 Å². The summed E-state index contributed by atoms with van der Waals surface area (Å²) in [6.45, 7) is 0. The first kappa shape index (κ1) is 18.7. The van der Waals surface area contributed by atoms with Crippen LogP contribution in [0.15, 0.2) is 24.3 Å². The minimum atomic E-state index is -0.336. The zero-order chi connectivity index (χ0) is 18.5. The molecule has 1 aliphatic carbocycles. The smallest absolute Gasteiger partial charge is 0.279 e. The van der Waals surface area contributed by atoms with Crippen LogP contribution in [0.5, 0.6) is 5.75 Å². The van der Waals surface area contributed by atoms with Crippen LogP contribution in [0.2, 0.25) is 5.02 Å². The molecule has 2 aromatic rings. The Bertz CT molecular complexity index is 796. The van der Waals surface area contributed by atoms with Crippen LogP contribution in [0.1, 0.15) is 44.9 Å². The van der Waals surface area contributed by atoms with Crippen LogP contribution in [0, 0.1) is 0 Å². The number of hydrogen-bond acceptors (Lipinski definition) is 4. The maximum atomic E-state index is 12.3. The SMILES string of the molecule is COc1ccc(Cl)cc1CC(=O)NNC(=O)c1cc2c(s1)CCCCC2. The molecular formula is C19H21ClN2O3S. The number of fused-ring (bicyclic) bond motifs is 1. The Morgan fingerprint density at radius 2 is 1.96 bits per heavy atom. The Balaban J connectivity index is 1.58. The van der Waals surface area contributed by atoms with Crippen molar-refractivity contribution in [1.82, 2.24) is 10.9 Å². The third kappa shape index (κ3) is 4.56. The number of rotatable bonds is 4. The molecule has 138 valence electrons. The Morgan fingerprint density at radius 1 is 1.15 bits per heavy atom. The normalized spacial score (nSPS) is 13.5. The quantitative estimate of drug-likeness (QED) is 0.616. The van der Waals surface area contributed by atoms with E-state index in [0.29, 0.717) is 21.2 Å². The molecule has 7 heteroatoms. The molecular weight excluding hydrogens is 372 g/mol. The zero-order valence-corrected chi connectivity index (χ0v) is 16.1. The highest BCUT2D eigenvalue weighted by Gasteiger charge is 2.17. The predicted octanol–water partition coefficient (Wildman–Crippen LogP) is 3.68. The standard InChI is InChI=1S/C19H21ClN2O3S/c1-25-15-8-7-14(20)9-13(15)11-18(23)21-22-19(24)17-10-12-5-3-2-4-6-16(12)26-17/h7-10H,2-6,11H2,1H3,(H,21,23)(H,22,24). The Morgan fingerprint density at radius 3 is 2.77 bits per heavy atom. The topological polar surface area (TPSA) is 67.4 Å². The second kappa shape index (κ2) is 8.56. The fraction of sp³-hybridized carbons (Fsp3) is 0.368. The summed E-state index contributed by atoms with van der Waals surface area (Å²) in [4.78, 5) is 26.4. The first-order valence-electron chi connectivity index (χ1n) is 8.60. The highest BCUT2D eigenvalue weighted by atomic mass is 35.5. The van der Waals surface area contributed by atoms with Gasteiger partial charge in [-0.2, -0.15) is 0 Å². The lowest BCUT2D eigenvalue weighted by Gasteiger charge is -2.10. The molecule has 0 saturated heterocycles. The number of amides is 2. The molecule has 2 amide bonds. The largest absolute Gasteiger partial charge is 0.496 e.